The van der Waals surface area contributed by atoms with Gasteiger partial charge in [0.25, 0.3) is 0 Å². The molecule has 0 aromatic carbocycles. The first-order valence-corrected chi connectivity index (χ1v) is 6.18. The van der Waals surface area contributed by atoms with Gasteiger partial charge >= 0.3 is 0 Å². The van der Waals surface area contributed by atoms with Gasteiger partial charge in [0, 0.05) is 30.1 Å². The minimum absolute atomic E-state index is 0.161. The van der Waals surface area contributed by atoms with Crippen LogP contribution in [-0.4, -0.2) is 20.8 Å². The number of hydrogen-bond acceptors (Lipinski definition) is 3. The lowest BCUT2D eigenvalue weighted by atomic mass is 10.0. The van der Waals surface area contributed by atoms with Crippen LogP contribution in [0.4, 0.5) is 0 Å². The molecule has 0 saturated carbocycles. The van der Waals surface area contributed by atoms with Crippen LogP contribution in [-0.2, 0) is 7.05 Å². The minimum Gasteiger partial charge on any atom is -0.323 e. The minimum atomic E-state index is 0.161. The van der Waals surface area contributed by atoms with E-state index in [1.54, 1.807) is 0 Å². The Morgan fingerprint density at radius 2 is 2.50 bits per heavy atom. The van der Waals surface area contributed by atoms with E-state index in [0.717, 1.165) is 0 Å². The summed E-state index contributed by atoms with van der Waals surface area (Å²) in [4.78, 5) is 0. The average molecular weight is 211 g/mol. The van der Waals surface area contributed by atoms with Crippen LogP contribution in [0.1, 0.15) is 30.9 Å². The van der Waals surface area contributed by atoms with E-state index in [1.807, 2.05) is 35.9 Å². The highest BCUT2D eigenvalue weighted by Gasteiger charge is 2.23. The molecule has 0 aliphatic carbocycles. The molecular formula is C10H17N3S. The number of aryl methyl sites for hydroxylation is 1. The first-order valence-electron chi connectivity index (χ1n) is 5.13. The molecule has 2 rings (SSSR count). The van der Waals surface area contributed by atoms with Crippen LogP contribution in [0.15, 0.2) is 12.4 Å². The Hall–Kier alpha value is -0.480. The van der Waals surface area contributed by atoms with Crippen LogP contribution in [0.25, 0.3) is 0 Å². The normalized spacial score (nSPS) is 24.9. The predicted molar refractivity (Wildman–Crippen MR) is 60.2 cm³/mol. The van der Waals surface area contributed by atoms with E-state index in [-0.39, 0.29) is 6.04 Å². The van der Waals surface area contributed by atoms with Gasteiger partial charge in [-0.05, 0) is 18.6 Å². The maximum atomic E-state index is 6.21. The third-order valence-corrected chi connectivity index (χ3v) is 4.21. The SMILES string of the molecule is Cn1cc(C(N)C2CCCCS2)cn1. The molecule has 78 valence electrons. The molecule has 1 fully saturated rings. The summed E-state index contributed by atoms with van der Waals surface area (Å²) in [5.74, 6) is 1.26. The van der Waals surface area contributed by atoms with Gasteiger partial charge < -0.3 is 5.73 Å². The Morgan fingerprint density at radius 1 is 1.64 bits per heavy atom. The van der Waals surface area contributed by atoms with Gasteiger partial charge in [0.2, 0.25) is 0 Å². The summed E-state index contributed by atoms with van der Waals surface area (Å²) in [6.45, 7) is 0. The fourth-order valence-electron chi connectivity index (χ4n) is 1.88. The number of aromatic nitrogens is 2. The number of nitrogens with zero attached hydrogens (tertiary/aromatic N) is 2. The van der Waals surface area contributed by atoms with Crippen LogP contribution in [0.5, 0.6) is 0 Å². The monoisotopic (exact) mass is 211 g/mol. The highest BCUT2D eigenvalue weighted by Crippen LogP contribution is 2.32. The first kappa shape index (κ1) is 10.1. The van der Waals surface area contributed by atoms with Crippen LogP contribution >= 0.6 is 11.8 Å². The molecule has 1 aromatic rings. The van der Waals surface area contributed by atoms with Crippen LogP contribution in [0, 0.1) is 0 Å². The molecule has 0 amide bonds. The lowest BCUT2D eigenvalue weighted by Gasteiger charge is -2.26. The van der Waals surface area contributed by atoms with Gasteiger partial charge in [0.1, 0.15) is 0 Å². The van der Waals surface area contributed by atoms with Crippen molar-refractivity contribution >= 4 is 11.8 Å². The first-order chi connectivity index (χ1) is 6.77. The van der Waals surface area contributed by atoms with Crippen LogP contribution in [0.3, 0.4) is 0 Å². The molecule has 1 aromatic heterocycles. The van der Waals surface area contributed by atoms with E-state index in [1.165, 1.54) is 30.6 Å². The molecule has 1 aliphatic heterocycles. The molecule has 14 heavy (non-hydrogen) atoms. The maximum absolute atomic E-state index is 6.21. The molecule has 2 unspecified atom stereocenters. The smallest absolute Gasteiger partial charge is 0.0537 e. The second-order valence-electron chi connectivity index (χ2n) is 3.88. The van der Waals surface area contributed by atoms with E-state index in [9.17, 15) is 0 Å². The van der Waals surface area contributed by atoms with Crippen molar-refractivity contribution in [1.82, 2.24) is 9.78 Å². The summed E-state index contributed by atoms with van der Waals surface area (Å²) in [7, 11) is 1.93. The van der Waals surface area contributed by atoms with Crippen molar-refractivity contribution in [1.29, 1.82) is 0 Å². The summed E-state index contributed by atoms with van der Waals surface area (Å²) in [6.07, 6.45) is 7.84. The van der Waals surface area contributed by atoms with E-state index < -0.39 is 0 Å². The molecule has 0 radical (unpaired) electrons. The predicted octanol–water partition coefficient (Wildman–Crippen LogP) is 1.71. The summed E-state index contributed by atoms with van der Waals surface area (Å²) in [6, 6.07) is 0.161. The maximum Gasteiger partial charge on any atom is 0.0537 e. The Bertz CT molecular complexity index is 291. The van der Waals surface area contributed by atoms with E-state index in [2.05, 4.69) is 5.10 Å². The van der Waals surface area contributed by atoms with Crippen molar-refractivity contribution in [3.63, 3.8) is 0 Å². The molecule has 0 spiro atoms. The van der Waals surface area contributed by atoms with Crippen molar-refractivity contribution in [3.05, 3.63) is 18.0 Å². The second kappa shape index (κ2) is 4.36. The molecule has 4 heteroatoms. The lowest BCUT2D eigenvalue weighted by Crippen LogP contribution is -2.25. The third-order valence-electron chi connectivity index (χ3n) is 2.73. The molecular weight excluding hydrogens is 194 g/mol. The Morgan fingerprint density at radius 3 is 3.07 bits per heavy atom. The Labute approximate surface area is 89.1 Å². The Balaban J connectivity index is 2.03. The van der Waals surface area contributed by atoms with Crippen LogP contribution in [0.2, 0.25) is 0 Å². The lowest BCUT2D eigenvalue weighted by molar-refractivity contribution is 0.581. The zero-order chi connectivity index (χ0) is 9.97. The molecule has 0 bridgehead atoms. The summed E-state index contributed by atoms with van der Waals surface area (Å²) >= 11 is 2.01. The van der Waals surface area contributed by atoms with Gasteiger partial charge in [-0.15, -0.1) is 0 Å². The largest absolute Gasteiger partial charge is 0.323 e. The molecule has 3 nitrogen and oxygen atoms in total. The molecule has 2 heterocycles. The van der Waals surface area contributed by atoms with Gasteiger partial charge in [-0.2, -0.15) is 16.9 Å². The topological polar surface area (TPSA) is 43.8 Å². The third kappa shape index (κ3) is 2.12. The van der Waals surface area contributed by atoms with Gasteiger partial charge in [-0.25, -0.2) is 0 Å². The van der Waals surface area contributed by atoms with Gasteiger partial charge in [-0.1, -0.05) is 6.42 Å². The zero-order valence-corrected chi connectivity index (χ0v) is 9.33. The Kier molecular flexibility index (Phi) is 3.13. The number of nitrogens with two attached hydrogens (primary N) is 1. The number of thioether (sulfide) groups is 1. The van der Waals surface area contributed by atoms with Crippen molar-refractivity contribution in [2.75, 3.05) is 5.75 Å². The highest BCUT2D eigenvalue weighted by molar-refractivity contribution is 8.00. The fourth-order valence-corrected chi connectivity index (χ4v) is 3.25. The second-order valence-corrected chi connectivity index (χ2v) is 5.23. The summed E-state index contributed by atoms with van der Waals surface area (Å²) < 4.78 is 1.82. The summed E-state index contributed by atoms with van der Waals surface area (Å²) in [5.41, 5.74) is 7.38. The molecule has 1 saturated heterocycles. The summed E-state index contributed by atoms with van der Waals surface area (Å²) in [5, 5.41) is 4.75. The van der Waals surface area contributed by atoms with Gasteiger partial charge in [-0.3, -0.25) is 4.68 Å². The van der Waals surface area contributed by atoms with E-state index >= 15 is 0 Å². The number of hydrogen-bond donors (Lipinski definition) is 1. The van der Waals surface area contributed by atoms with Gasteiger partial charge in [0.05, 0.1) is 6.20 Å². The fraction of sp³-hybridized carbons (Fsp3) is 0.700. The quantitative estimate of drug-likeness (QED) is 0.810. The van der Waals surface area contributed by atoms with Crippen molar-refractivity contribution in [2.45, 2.75) is 30.6 Å². The molecule has 2 N–H and O–H groups in total. The van der Waals surface area contributed by atoms with Crippen LogP contribution < -0.4 is 5.73 Å². The van der Waals surface area contributed by atoms with Gasteiger partial charge in [0.15, 0.2) is 0 Å². The van der Waals surface area contributed by atoms with Crippen molar-refractivity contribution in [3.8, 4) is 0 Å². The molecule has 2 atom stereocenters. The zero-order valence-electron chi connectivity index (χ0n) is 8.52. The standard InChI is InChI=1S/C10H17N3S/c1-13-7-8(6-12-13)10(11)9-4-2-3-5-14-9/h6-7,9-10H,2-5,11H2,1H3. The van der Waals surface area contributed by atoms with Crippen molar-refractivity contribution in [2.24, 2.45) is 12.8 Å². The van der Waals surface area contributed by atoms with E-state index in [4.69, 9.17) is 5.73 Å². The molecule has 1 aliphatic rings. The van der Waals surface area contributed by atoms with E-state index in [0.29, 0.717) is 5.25 Å². The van der Waals surface area contributed by atoms with Crippen molar-refractivity contribution < 1.29 is 0 Å². The number of rotatable bonds is 2. The highest BCUT2D eigenvalue weighted by atomic mass is 32.2. The average Bonchev–Trinajstić information content (AvgIpc) is 2.65.